The molecule has 1 rings (SSSR count). The molecule has 0 aliphatic rings. The minimum absolute atomic E-state index is 0.851. The van der Waals surface area contributed by atoms with Crippen LogP contribution in [0.5, 0.6) is 0 Å². The third-order valence-corrected chi connectivity index (χ3v) is 2.00. The van der Waals surface area contributed by atoms with Crippen LogP contribution in [0.3, 0.4) is 0 Å². The molecule has 0 aliphatic carbocycles. The molecular weight excluding hydrogens is 160 g/mol. The molecule has 0 bridgehead atoms. The SMILES string of the molecule is C#CCCCn1ccnc1CCC. The van der Waals surface area contributed by atoms with E-state index in [1.165, 1.54) is 5.82 Å². The average Bonchev–Trinajstić information content (AvgIpc) is 2.54. The Morgan fingerprint density at radius 2 is 2.46 bits per heavy atom. The number of imidazole rings is 1. The van der Waals surface area contributed by atoms with Gasteiger partial charge in [0.2, 0.25) is 0 Å². The van der Waals surface area contributed by atoms with E-state index < -0.39 is 0 Å². The Kier molecular flexibility index (Phi) is 4.11. The van der Waals surface area contributed by atoms with E-state index in [9.17, 15) is 0 Å². The van der Waals surface area contributed by atoms with E-state index >= 15 is 0 Å². The van der Waals surface area contributed by atoms with Gasteiger partial charge in [0.05, 0.1) is 0 Å². The number of aryl methyl sites for hydroxylation is 2. The van der Waals surface area contributed by atoms with E-state index in [-0.39, 0.29) is 0 Å². The maximum absolute atomic E-state index is 5.19. The standard InChI is InChI=1S/C11H16N2/c1-3-5-6-9-13-10-8-12-11(13)7-4-2/h1,8,10H,4-7,9H2,2H3. The molecule has 13 heavy (non-hydrogen) atoms. The Hall–Kier alpha value is -1.23. The molecule has 0 spiro atoms. The first-order valence-corrected chi connectivity index (χ1v) is 4.82. The molecule has 0 aliphatic heterocycles. The van der Waals surface area contributed by atoms with Crippen LogP contribution >= 0.6 is 0 Å². The van der Waals surface area contributed by atoms with Crippen molar-refractivity contribution in [2.75, 3.05) is 0 Å². The van der Waals surface area contributed by atoms with Crippen LogP contribution in [0, 0.1) is 12.3 Å². The van der Waals surface area contributed by atoms with E-state index in [0.29, 0.717) is 0 Å². The molecule has 2 heteroatoms. The zero-order chi connectivity index (χ0) is 9.52. The van der Waals surface area contributed by atoms with Gasteiger partial charge in [0.15, 0.2) is 0 Å². The zero-order valence-electron chi connectivity index (χ0n) is 8.16. The van der Waals surface area contributed by atoms with E-state index in [1.807, 2.05) is 12.4 Å². The summed E-state index contributed by atoms with van der Waals surface area (Å²) >= 11 is 0. The summed E-state index contributed by atoms with van der Waals surface area (Å²) in [4.78, 5) is 4.30. The summed E-state index contributed by atoms with van der Waals surface area (Å²) in [5.74, 6) is 3.83. The van der Waals surface area contributed by atoms with E-state index in [2.05, 4.69) is 22.4 Å². The first-order valence-electron chi connectivity index (χ1n) is 4.82. The first-order chi connectivity index (χ1) is 6.38. The molecule has 0 saturated carbocycles. The fraction of sp³-hybridized carbons (Fsp3) is 0.545. The number of hydrogen-bond acceptors (Lipinski definition) is 1. The van der Waals surface area contributed by atoms with Gasteiger partial charge >= 0.3 is 0 Å². The lowest BCUT2D eigenvalue weighted by atomic mass is 10.3. The van der Waals surface area contributed by atoms with E-state index in [1.54, 1.807) is 0 Å². The summed E-state index contributed by atoms with van der Waals surface area (Å²) < 4.78 is 2.20. The lowest BCUT2D eigenvalue weighted by Crippen LogP contribution is -2.02. The molecule has 0 N–H and O–H groups in total. The van der Waals surface area contributed by atoms with Crippen molar-refractivity contribution in [3.05, 3.63) is 18.2 Å². The molecule has 0 radical (unpaired) electrons. The summed E-state index contributed by atoms with van der Waals surface area (Å²) in [7, 11) is 0. The number of hydrogen-bond donors (Lipinski definition) is 0. The summed E-state index contributed by atoms with van der Waals surface area (Å²) in [6, 6.07) is 0. The second-order valence-electron chi connectivity index (χ2n) is 3.09. The van der Waals surface area contributed by atoms with E-state index in [4.69, 9.17) is 6.42 Å². The number of rotatable bonds is 5. The molecule has 2 nitrogen and oxygen atoms in total. The normalized spacial score (nSPS) is 9.85. The summed E-state index contributed by atoms with van der Waals surface area (Å²) in [6.45, 7) is 3.17. The molecule has 1 aromatic heterocycles. The molecule has 70 valence electrons. The average molecular weight is 176 g/mol. The first kappa shape index (κ1) is 9.85. The van der Waals surface area contributed by atoms with Gasteiger partial charge in [-0.2, -0.15) is 0 Å². The Morgan fingerprint density at radius 1 is 1.62 bits per heavy atom. The third-order valence-electron chi connectivity index (χ3n) is 2.00. The Balaban J connectivity index is 2.46. The van der Waals surface area contributed by atoms with Crippen molar-refractivity contribution in [2.45, 2.75) is 39.2 Å². The number of nitrogens with zero attached hydrogens (tertiary/aromatic N) is 2. The third kappa shape index (κ3) is 2.95. The lowest BCUT2D eigenvalue weighted by Gasteiger charge is -2.04. The van der Waals surface area contributed by atoms with Crippen molar-refractivity contribution < 1.29 is 0 Å². The second-order valence-corrected chi connectivity index (χ2v) is 3.09. The van der Waals surface area contributed by atoms with Crippen molar-refractivity contribution in [3.8, 4) is 12.3 Å². The number of terminal acetylenes is 1. The molecule has 0 atom stereocenters. The maximum atomic E-state index is 5.19. The zero-order valence-corrected chi connectivity index (χ0v) is 8.16. The molecule has 0 aromatic carbocycles. The van der Waals surface area contributed by atoms with Crippen molar-refractivity contribution >= 4 is 0 Å². The van der Waals surface area contributed by atoms with Gasteiger partial charge in [-0.15, -0.1) is 12.3 Å². The van der Waals surface area contributed by atoms with E-state index in [0.717, 1.165) is 32.2 Å². The van der Waals surface area contributed by atoms with Crippen LogP contribution in [0.1, 0.15) is 32.0 Å². The van der Waals surface area contributed by atoms with Gasteiger partial charge in [0, 0.05) is 31.8 Å². The van der Waals surface area contributed by atoms with Crippen LogP contribution in [0.25, 0.3) is 0 Å². The van der Waals surface area contributed by atoms with Gasteiger partial charge in [0.1, 0.15) is 5.82 Å². The van der Waals surface area contributed by atoms with Crippen molar-refractivity contribution in [2.24, 2.45) is 0 Å². The van der Waals surface area contributed by atoms with Crippen molar-refractivity contribution in [1.29, 1.82) is 0 Å². The minimum atomic E-state index is 0.851. The Bertz CT molecular complexity index is 281. The fourth-order valence-corrected chi connectivity index (χ4v) is 1.35. The van der Waals surface area contributed by atoms with Gasteiger partial charge in [-0.05, 0) is 12.8 Å². The molecule has 0 fully saturated rings. The quantitative estimate of drug-likeness (QED) is 0.497. The molecule has 0 unspecified atom stereocenters. The highest BCUT2D eigenvalue weighted by Crippen LogP contribution is 2.03. The highest BCUT2D eigenvalue weighted by atomic mass is 15.1. The van der Waals surface area contributed by atoms with Crippen LogP contribution in [0.4, 0.5) is 0 Å². The predicted octanol–water partition coefficient (Wildman–Crippen LogP) is 2.25. The minimum Gasteiger partial charge on any atom is -0.335 e. The number of aromatic nitrogens is 2. The van der Waals surface area contributed by atoms with Crippen LogP contribution in [0.2, 0.25) is 0 Å². The smallest absolute Gasteiger partial charge is 0.108 e. The molecule has 0 amide bonds. The number of unbranched alkanes of at least 4 members (excludes halogenated alkanes) is 1. The van der Waals surface area contributed by atoms with Crippen LogP contribution in [0.15, 0.2) is 12.4 Å². The fourth-order valence-electron chi connectivity index (χ4n) is 1.35. The van der Waals surface area contributed by atoms with Crippen LogP contribution in [-0.2, 0) is 13.0 Å². The van der Waals surface area contributed by atoms with Crippen LogP contribution in [-0.4, -0.2) is 9.55 Å². The summed E-state index contributed by atoms with van der Waals surface area (Å²) in [5, 5.41) is 0. The van der Waals surface area contributed by atoms with Crippen molar-refractivity contribution in [1.82, 2.24) is 9.55 Å². The van der Waals surface area contributed by atoms with Gasteiger partial charge in [-0.25, -0.2) is 4.98 Å². The summed E-state index contributed by atoms with van der Waals surface area (Å²) in [5.41, 5.74) is 0. The molecule has 1 aromatic rings. The Labute approximate surface area is 80.0 Å². The molecular formula is C11H16N2. The Morgan fingerprint density at radius 3 is 3.15 bits per heavy atom. The largest absolute Gasteiger partial charge is 0.335 e. The maximum Gasteiger partial charge on any atom is 0.108 e. The molecule has 1 heterocycles. The molecule has 0 saturated heterocycles. The summed E-state index contributed by atoms with van der Waals surface area (Å²) in [6.07, 6.45) is 13.2. The van der Waals surface area contributed by atoms with Gasteiger partial charge in [0.25, 0.3) is 0 Å². The second kappa shape index (κ2) is 5.42. The highest BCUT2D eigenvalue weighted by molar-refractivity contribution is 4.92. The van der Waals surface area contributed by atoms with Crippen molar-refractivity contribution in [3.63, 3.8) is 0 Å². The predicted molar refractivity (Wildman–Crippen MR) is 54.3 cm³/mol. The van der Waals surface area contributed by atoms with Gasteiger partial charge in [-0.3, -0.25) is 0 Å². The topological polar surface area (TPSA) is 17.8 Å². The highest BCUT2D eigenvalue weighted by Gasteiger charge is 1.99. The van der Waals surface area contributed by atoms with Crippen LogP contribution < -0.4 is 0 Å². The van der Waals surface area contributed by atoms with Gasteiger partial charge < -0.3 is 4.57 Å². The monoisotopic (exact) mass is 176 g/mol. The lowest BCUT2D eigenvalue weighted by molar-refractivity contribution is 0.614. The van der Waals surface area contributed by atoms with Gasteiger partial charge in [-0.1, -0.05) is 6.92 Å².